The number of aliphatic carboxylic acids is 1. The van der Waals surface area contributed by atoms with Crippen LogP contribution in [0.2, 0.25) is 0 Å². The van der Waals surface area contributed by atoms with Crippen LogP contribution in [-0.2, 0) is 22.6 Å². The van der Waals surface area contributed by atoms with Gasteiger partial charge < -0.3 is 10.8 Å². The molecule has 104 valence electrons. The monoisotopic (exact) mass is 267 g/mol. The first-order valence-corrected chi connectivity index (χ1v) is 5.82. The molecule has 0 aromatic carbocycles. The molecular weight excluding hydrogens is 250 g/mol. The maximum Gasteiger partial charge on any atom is 0.348 e. The van der Waals surface area contributed by atoms with Gasteiger partial charge in [0.05, 0.1) is 5.92 Å². The Morgan fingerprint density at radius 3 is 2.47 bits per heavy atom. The van der Waals surface area contributed by atoms with Crippen molar-refractivity contribution in [2.24, 2.45) is 11.7 Å². The number of nitrogens with two attached hydrogens (primary N) is 1. The van der Waals surface area contributed by atoms with Crippen LogP contribution >= 0.6 is 0 Å². The predicted octanol–water partition coefficient (Wildman–Crippen LogP) is -0.391. The smallest absolute Gasteiger partial charge is 0.348 e. The molecule has 7 heteroatoms. The normalized spacial score (nSPS) is 12.2. The van der Waals surface area contributed by atoms with E-state index in [1.807, 2.05) is 0 Å². The average molecular weight is 267 g/mol. The molecule has 1 heterocycles. The summed E-state index contributed by atoms with van der Waals surface area (Å²) in [4.78, 5) is 37.3. The molecule has 7 nitrogen and oxygen atoms in total. The van der Waals surface area contributed by atoms with E-state index in [4.69, 9.17) is 10.8 Å². The Morgan fingerprint density at radius 2 is 2.00 bits per heavy atom. The first-order chi connectivity index (χ1) is 8.73. The van der Waals surface area contributed by atoms with Crippen LogP contribution < -0.4 is 11.4 Å². The van der Waals surface area contributed by atoms with E-state index in [0.717, 1.165) is 0 Å². The van der Waals surface area contributed by atoms with Gasteiger partial charge in [-0.15, -0.1) is 0 Å². The number of aryl methyl sites for hydroxylation is 1. The summed E-state index contributed by atoms with van der Waals surface area (Å²) < 4.78 is 1.17. The second-order valence-corrected chi connectivity index (χ2v) is 4.54. The van der Waals surface area contributed by atoms with E-state index in [-0.39, 0.29) is 13.0 Å². The van der Waals surface area contributed by atoms with E-state index in [0.29, 0.717) is 17.0 Å². The molecule has 1 unspecified atom stereocenters. The number of amides is 1. The number of carbonyl (C=O) groups excluding carboxylic acids is 1. The summed E-state index contributed by atoms with van der Waals surface area (Å²) in [7, 11) is 0. The lowest BCUT2D eigenvalue weighted by molar-refractivity contribution is -0.141. The number of carboxylic acids is 1. The van der Waals surface area contributed by atoms with Gasteiger partial charge in [0.2, 0.25) is 5.91 Å². The predicted molar refractivity (Wildman–Crippen MR) is 67.7 cm³/mol. The first-order valence-electron chi connectivity index (χ1n) is 5.82. The number of nitrogens with zero attached hydrogens (tertiary/aromatic N) is 2. The molecule has 1 rings (SSSR count). The maximum atomic E-state index is 11.7. The molecule has 0 saturated heterocycles. The van der Waals surface area contributed by atoms with Crippen LogP contribution in [0, 0.1) is 19.8 Å². The third-order valence-electron chi connectivity index (χ3n) is 3.02. The van der Waals surface area contributed by atoms with Crippen LogP contribution in [0.5, 0.6) is 0 Å². The standard InChI is InChI=1S/C12H17N3O4/c1-6(11(17)18)4-9-7(2)14-12(19)15(8(9)3)5-10(13)16/h6H,4-5H2,1-3H3,(H2,13,16)(H,17,18). The van der Waals surface area contributed by atoms with E-state index < -0.39 is 23.5 Å². The molecule has 1 atom stereocenters. The summed E-state index contributed by atoms with van der Waals surface area (Å²) in [6, 6.07) is 0. The van der Waals surface area contributed by atoms with Crippen LogP contribution in [-0.4, -0.2) is 26.5 Å². The number of carboxylic acid groups (broad SMARTS) is 1. The van der Waals surface area contributed by atoms with Gasteiger partial charge in [0.1, 0.15) is 6.54 Å². The van der Waals surface area contributed by atoms with E-state index in [2.05, 4.69) is 4.98 Å². The molecule has 3 N–H and O–H groups in total. The molecule has 0 fully saturated rings. The fourth-order valence-electron chi connectivity index (χ4n) is 1.87. The Kier molecular flexibility index (Phi) is 4.42. The molecular formula is C12H17N3O4. The number of carbonyl (C=O) groups is 2. The number of hydrogen-bond donors (Lipinski definition) is 2. The average Bonchev–Trinajstić information content (AvgIpc) is 2.29. The summed E-state index contributed by atoms with van der Waals surface area (Å²) in [5, 5.41) is 8.93. The molecule has 0 spiro atoms. The van der Waals surface area contributed by atoms with Gasteiger partial charge in [-0.1, -0.05) is 6.92 Å². The highest BCUT2D eigenvalue weighted by Gasteiger charge is 2.18. The fraction of sp³-hybridized carbons (Fsp3) is 0.500. The highest BCUT2D eigenvalue weighted by atomic mass is 16.4. The molecule has 1 aromatic heterocycles. The first kappa shape index (κ1) is 14.9. The van der Waals surface area contributed by atoms with Gasteiger partial charge in [-0.25, -0.2) is 4.79 Å². The highest BCUT2D eigenvalue weighted by Crippen LogP contribution is 2.15. The van der Waals surface area contributed by atoms with Gasteiger partial charge in [0, 0.05) is 11.4 Å². The van der Waals surface area contributed by atoms with Gasteiger partial charge in [-0.2, -0.15) is 4.98 Å². The van der Waals surface area contributed by atoms with Crippen molar-refractivity contribution >= 4 is 11.9 Å². The largest absolute Gasteiger partial charge is 0.481 e. The van der Waals surface area contributed by atoms with Crippen LogP contribution in [0.1, 0.15) is 23.9 Å². The fourth-order valence-corrected chi connectivity index (χ4v) is 1.87. The minimum absolute atomic E-state index is 0.249. The van der Waals surface area contributed by atoms with Crippen molar-refractivity contribution < 1.29 is 14.7 Å². The third-order valence-corrected chi connectivity index (χ3v) is 3.02. The van der Waals surface area contributed by atoms with Crippen molar-refractivity contribution in [2.45, 2.75) is 33.7 Å². The molecule has 0 aliphatic rings. The van der Waals surface area contributed by atoms with Crippen molar-refractivity contribution in [1.82, 2.24) is 9.55 Å². The minimum atomic E-state index is -0.925. The summed E-state index contributed by atoms with van der Waals surface area (Å²) >= 11 is 0. The zero-order valence-electron chi connectivity index (χ0n) is 11.1. The second kappa shape index (κ2) is 5.64. The summed E-state index contributed by atoms with van der Waals surface area (Å²) in [5.74, 6) is -2.17. The van der Waals surface area contributed by atoms with Crippen molar-refractivity contribution in [3.05, 3.63) is 27.4 Å². The SMILES string of the molecule is Cc1nc(=O)n(CC(N)=O)c(C)c1CC(C)C(=O)O. The molecule has 1 amide bonds. The van der Waals surface area contributed by atoms with E-state index in [1.54, 1.807) is 20.8 Å². The Morgan fingerprint density at radius 1 is 1.42 bits per heavy atom. The van der Waals surface area contributed by atoms with Gasteiger partial charge >= 0.3 is 11.7 Å². The minimum Gasteiger partial charge on any atom is -0.481 e. The van der Waals surface area contributed by atoms with E-state index in [9.17, 15) is 14.4 Å². The van der Waals surface area contributed by atoms with Gasteiger partial charge in [0.25, 0.3) is 0 Å². The van der Waals surface area contributed by atoms with Crippen LogP contribution in [0.3, 0.4) is 0 Å². The Bertz CT molecular complexity index is 577. The maximum absolute atomic E-state index is 11.7. The van der Waals surface area contributed by atoms with Crippen LogP contribution in [0.15, 0.2) is 4.79 Å². The summed E-state index contributed by atoms with van der Waals surface area (Å²) in [6.07, 6.45) is 0.249. The van der Waals surface area contributed by atoms with Gasteiger partial charge in [-0.05, 0) is 25.8 Å². The van der Waals surface area contributed by atoms with Crippen molar-refractivity contribution in [3.63, 3.8) is 0 Å². The van der Waals surface area contributed by atoms with Crippen molar-refractivity contribution in [1.29, 1.82) is 0 Å². The lowest BCUT2D eigenvalue weighted by atomic mass is 9.99. The molecule has 0 radical (unpaired) electrons. The Labute approximate surface area is 110 Å². The topological polar surface area (TPSA) is 115 Å². The number of hydrogen-bond acceptors (Lipinski definition) is 4. The Hall–Kier alpha value is -2.18. The van der Waals surface area contributed by atoms with Gasteiger partial charge in [0.15, 0.2) is 0 Å². The molecule has 0 aliphatic carbocycles. The quantitative estimate of drug-likeness (QED) is 0.753. The number of rotatable bonds is 5. The highest BCUT2D eigenvalue weighted by molar-refractivity contribution is 5.73. The molecule has 1 aromatic rings. The lowest BCUT2D eigenvalue weighted by Crippen LogP contribution is -2.33. The zero-order chi connectivity index (χ0) is 14.7. The summed E-state index contributed by atoms with van der Waals surface area (Å²) in [6.45, 7) is 4.62. The lowest BCUT2D eigenvalue weighted by Gasteiger charge is -2.15. The molecule has 19 heavy (non-hydrogen) atoms. The second-order valence-electron chi connectivity index (χ2n) is 4.54. The van der Waals surface area contributed by atoms with Crippen LogP contribution in [0.4, 0.5) is 0 Å². The third kappa shape index (κ3) is 3.40. The molecule has 0 aliphatic heterocycles. The Balaban J connectivity index is 3.28. The van der Waals surface area contributed by atoms with Crippen molar-refractivity contribution in [3.8, 4) is 0 Å². The zero-order valence-corrected chi connectivity index (χ0v) is 11.1. The summed E-state index contributed by atoms with van der Waals surface area (Å²) in [5.41, 5.74) is 6.20. The van der Waals surface area contributed by atoms with Crippen molar-refractivity contribution in [2.75, 3.05) is 0 Å². The van der Waals surface area contributed by atoms with Crippen LogP contribution in [0.25, 0.3) is 0 Å². The number of primary amides is 1. The molecule has 0 saturated carbocycles. The molecule has 0 bridgehead atoms. The van der Waals surface area contributed by atoms with Gasteiger partial charge in [-0.3, -0.25) is 14.2 Å². The van der Waals surface area contributed by atoms with E-state index in [1.165, 1.54) is 4.57 Å². The number of aromatic nitrogens is 2. The van der Waals surface area contributed by atoms with E-state index >= 15 is 0 Å².